The molecule has 0 aliphatic carbocycles. The van der Waals surface area contributed by atoms with Crippen molar-refractivity contribution in [1.82, 2.24) is 14.9 Å². The molecule has 1 amide bonds. The second kappa shape index (κ2) is 15.0. The molecule has 206 valence electrons. The number of amides is 1. The van der Waals surface area contributed by atoms with E-state index in [2.05, 4.69) is 10.3 Å². The number of imidazole rings is 1. The van der Waals surface area contributed by atoms with Gasteiger partial charge in [0.1, 0.15) is 5.82 Å². The van der Waals surface area contributed by atoms with Crippen molar-refractivity contribution in [2.45, 2.75) is 38.3 Å². The van der Waals surface area contributed by atoms with E-state index in [0.717, 1.165) is 28.0 Å². The SMILES string of the molecule is CSCC[C@H](NC(=O)c1cc(C=CCn2ccnc2)ccc1CCc1ccc(F)cc1)C(=O)Cc1ccccc1. The maximum atomic E-state index is 13.7. The number of Topliss-reactive ketones (excluding diaryl/α,β-unsaturated/α-hetero) is 1. The highest BCUT2D eigenvalue weighted by Crippen LogP contribution is 2.18. The Labute approximate surface area is 239 Å². The number of hydrogen-bond donors (Lipinski definition) is 1. The first kappa shape index (κ1) is 29.0. The molecule has 1 aromatic heterocycles. The molecule has 1 heterocycles. The highest BCUT2D eigenvalue weighted by Gasteiger charge is 2.23. The molecule has 4 aromatic rings. The smallest absolute Gasteiger partial charge is 0.252 e. The van der Waals surface area contributed by atoms with Crippen molar-refractivity contribution < 1.29 is 14.0 Å². The monoisotopic (exact) mass is 555 g/mol. The predicted octanol–water partition coefficient (Wildman–Crippen LogP) is 6.18. The summed E-state index contributed by atoms with van der Waals surface area (Å²) in [6, 6.07) is 21.3. The quantitative estimate of drug-likeness (QED) is 0.202. The van der Waals surface area contributed by atoms with Crippen LogP contribution in [0, 0.1) is 5.82 Å². The molecule has 5 nitrogen and oxygen atoms in total. The lowest BCUT2D eigenvalue weighted by Crippen LogP contribution is -2.42. The Morgan fingerprint density at radius 2 is 1.82 bits per heavy atom. The van der Waals surface area contributed by atoms with Crippen LogP contribution in [0.15, 0.2) is 97.6 Å². The zero-order valence-electron chi connectivity index (χ0n) is 22.6. The Kier molecular flexibility index (Phi) is 10.9. The van der Waals surface area contributed by atoms with Gasteiger partial charge in [-0.05, 0) is 71.7 Å². The van der Waals surface area contributed by atoms with Crippen molar-refractivity contribution in [3.63, 3.8) is 0 Å². The number of nitrogens with one attached hydrogen (secondary N) is 1. The van der Waals surface area contributed by atoms with Crippen LogP contribution < -0.4 is 5.32 Å². The second-order valence-electron chi connectivity index (χ2n) is 9.64. The standard InChI is InChI=1S/C33H34FN3O2S/c1-40-21-17-31(32(38)23-26-6-3-2-4-7-26)36-33(39)30-22-27(8-5-19-37-20-18-35-24-37)10-14-28(30)13-9-25-11-15-29(34)16-12-25/h2-8,10-12,14-16,18,20,22,24,31H,9,13,17,19,21,23H2,1H3,(H,36,39)/t31-/m0/s1. The van der Waals surface area contributed by atoms with Crippen LogP contribution in [0.4, 0.5) is 4.39 Å². The fraction of sp³-hybridized carbons (Fsp3) is 0.242. The van der Waals surface area contributed by atoms with Gasteiger partial charge in [0.25, 0.3) is 5.91 Å². The van der Waals surface area contributed by atoms with E-state index in [9.17, 15) is 14.0 Å². The summed E-state index contributed by atoms with van der Waals surface area (Å²) in [5.41, 5.74) is 4.25. The minimum Gasteiger partial charge on any atom is -0.342 e. The molecule has 0 unspecified atom stereocenters. The van der Waals surface area contributed by atoms with E-state index in [4.69, 9.17) is 0 Å². The van der Waals surface area contributed by atoms with E-state index in [-0.39, 0.29) is 23.9 Å². The Morgan fingerprint density at radius 1 is 1.02 bits per heavy atom. The number of carbonyl (C=O) groups excluding carboxylic acids is 2. The molecule has 0 bridgehead atoms. The first-order chi connectivity index (χ1) is 19.5. The van der Waals surface area contributed by atoms with Crippen LogP contribution in [0.2, 0.25) is 0 Å². The van der Waals surface area contributed by atoms with E-state index in [1.54, 1.807) is 36.4 Å². The molecule has 1 N–H and O–H groups in total. The van der Waals surface area contributed by atoms with E-state index >= 15 is 0 Å². The Bertz CT molecular complexity index is 1400. The Balaban J connectivity index is 1.55. The topological polar surface area (TPSA) is 64.0 Å². The maximum absolute atomic E-state index is 13.7. The number of ketones is 1. The van der Waals surface area contributed by atoms with Gasteiger partial charge in [0.05, 0.1) is 12.4 Å². The summed E-state index contributed by atoms with van der Waals surface area (Å²) >= 11 is 1.65. The third-order valence-corrected chi connectivity index (χ3v) is 7.33. The number of thioether (sulfide) groups is 1. The predicted molar refractivity (Wildman–Crippen MR) is 161 cm³/mol. The number of carbonyl (C=O) groups is 2. The highest BCUT2D eigenvalue weighted by atomic mass is 32.2. The zero-order valence-corrected chi connectivity index (χ0v) is 23.4. The first-order valence-electron chi connectivity index (χ1n) is 13.4. The molecule has 0 aliphatic rings. The molecule has 1 atom stereocenters. The van der Waals surface area contributed by atoms with Gasteiger partial charge in [0.15, 0.2) is 5.78 Å². The molecule has 7 heteroatoms. The minimum absolute atomic E-state index is 0.00200. The first-order valence-corrected chi connectivity index (χ1v) is 14.8. The van der Waals surface area contributed by atoms with E-state index in [0.29, 0.717) is 31.4 Å². The van der Waals surface area contributed by atoms with Crippen molar-refractivity contribution in [3.05, 3.63) is 131 Å². The molecule has 0 fully saturated rings. The van der Waals surface area contributed by atoms with Crippen LogP contribution in [0.25, 0.3) is 6.08 Å². The Hall–Kier alpha value is -3.97. The number of benzene rings is 3. The van der Waals surface area contributed by atoms with Gasteiger partial charge in [-0.15, -0.1) is 0 Å². The largest absolute Gasteiger partial charge is 0.342 e. The van der Waals surface area contributed by atoms with Crippen molar-refractivity contribution in [1.29, 1.82) is 0 Å². The number of hydrogen-bond acceptors (Lipinski definition) is 4. The molecule has 4 rings (SSSR count). The molecule has 0 saturated heterocycles. The van der Waals surface area contributed by atoms with Gasteiger partial charge in [0, 0.05) is 30.9 Å². The summed E-state index contributed by atoms with van der Waals surface area (Å²) in [5.74, 6) is 0.233. The van der Waals surface area contributed by atoms with E-state index in [1.807, 2.05) is 77.7 Å². The van der Waals surface area contributed by atoms with Gasteiger partial charge in [-0.25, -0.2) is 9.37 Å². The zero-order chi connectivity index (χ0) is 28.2. The molecule has 0 saturated carbocycles. The van der Waals surface area contributed by atoms with Gasteiger partial charge in [-0.2, -0.15) is 11.8 Å². The number of allylic oxidation sites excluding steroid dienone is 1. The van der Waals surface area contributed by atoms with Crippen LogP contribution in [0.5, 0.6) is 0 Å². The van der Waals surface area contributed by atoms with Crippen molar-refractivity contribution >= 4 is 29.5 Å². The fourth-order valence-corrected chi connectivity index (χ4v) is 4.94. The molecule has 0 aliphatic heterocycles. The number of aromatic nitrogens is 2. The maximum Gasteiger partial charge on any atom is 0.252 e. The number of aryl methyl sites for hydroxylation is 2. The van der Waals surface area contributed by atoms with Gasteiger partial charge < -0.3 is 9.88 Å². The summed E-state index contributed by atoms with van der Waals surface area (Å²) < 4.78 is 15.3. The van der Waals surface area contributed by atoms with Crippen LogP contribution in [0.1, 0.15) is 39.0 Å². The fourth-order valence-electron chi connectivity index (χ4n) is 4.47. The summed E-state index contributed by atoms with van der Waals surface area (Å²) in [4.78, 5) is 31.0. The summed E-state index contributed by atoms with van der Waals surface area (Å²) in [5, 5.41) is 3.05. The average molecular weight is 556 g/mol. The normalized spacial score (nSPS) is 11.9. The van der Waals surface area contributed by atoms with Crippen molar-refractivity contribution in [2.75, 3.05) is 12.0 Å². The highest BCUT2D eigenvalue weighted by molar-refractivity contribution is 7.98. The molecular formula is C33H34FN3O2S. The molecule has 40 heavy (non-hydrogen) atoms. The van der Waals surface area contributed by atoms with Gasteiger partial charge >= 0.3 is 0 Å². The number of rotatable bonds is 14. The lowest BCUT2D eigenvalue weighted by atomic mass is 9.96. The van der Waals surface area contributed by atoms with Crippen molar-refractivity contribution in [2.24, 2.45) is 0 Å². The lowest BCUT2D eigenvalue weighted by Gasteiger charge is -2.19. The van der Waals surface area contributed by atoms with Gasteiger partial charge in [-0.1, -0.05) is 66.7 Å². The van der Waals surface area contributed by atoms with E-state index < -0.39 is 6.04 Å². The minimum atomic E-state index is -0.578. The molecule has 0 radical (unpaired) electrons. The van der Waals surface area contributed by atoms with Crippen LogP contribution >= 0.6 is 11.8 Å². The molecule has 3 aromatic carbocycles. The number of halogens is 1. The Morgan fingerprint density at radius 3 is 2.55 bits per heavy atom. The van der Waals surface area contributed by atoms with Crippen LogP contribution in [0.3, 0.4) is 0 Å². The summed E-state index contributed by atoms with van der Waals surface area (Å²) in [6.07, 6.45) is 13.5. The van der Waals surface area contributed by atoms with Crippen LogP contribution in [-0.2, 0) is 30.6 Å². The summed E-state index contributed by atoms with van der Waals surface area (Å²) in [7, 11) is 0. The number of nitrogens with zero attached hydrogens (tertiary/aromatic N) is 2. The lowest BCUT2D eigenvalue weighted by molar-refractivity contribution is -0.120. The van der Waals surface area contributed by atoms with Crippen LogP contribution in [-0.4, -0.2) is 39.3 Å². The molecular weight excluding hydrogens is 521 g/mol. The third kappa shape index (κ3) is 8.78. The third-order valence-electron chi connectivity index (χ3n) is 6.69. The average Bonchev–Trinajstić information content (AvgIpc) is 3.49. The van der Waals surface area contributed by atoms with E-state index in [1.165, 1.54) is 12.1 Å². The second-order valence-corrected chi connectivity index (χ2v) is 10.6. The van der Waals surface area contributed by atoms with Gasteiger partial charge in [-0.3, -0.25) is 9.59 Å². The molecule has 0 spiro atoms. The van der Waals surface area contributed by atoms with Crippen molar-refractivity contribution in [3.8, 4) is 0 Å². The summed E-state index contributed by atoms with van der Waals surface area (Å²) in [6.45, 7) is 0.665. The van der Waals surface area contributed by atoms with Gasteiger partial charge in [0.2, 0.25) is 0 Å².